The zero-order chi connectivity index (χ0) is 14.2. The fraction of sp³-hybridized carbons (Fsp3) is 0.846. The highest BCUT2D eigenvalue weighted by Gasteiger charge is 2.21. The van der Waals surface area contributed by atoms with Crippen LogP contribution in [0.5, 0.6) is 0 Å². The van der Waals surface area contributed by atoms with E-state index in [4.69, 9.17) is 13.9 Å². The van der Waals surface area contributed by atoms with Crippen LogP contribution in [0.3, 0.4) is 0 Å². The number of nitrogens with zero attached hydrogens (tertiary/aromatic N) is 2. The van der Waals surface area contributed by atoms with Gasteiger partial charge in [0.15, 0.2) is 0 Å². The molecule has 114 valence electrons. The number of anilines is 1. The lowest BCUT2D eigenvalue weighted by Crippen LogP contribution is -2.31. The van der Waals surface area contributed by atoms with Crippen LogP contribution in [0.2, 0.25) is 0 Å². The van der Waals surface area contributed by atoms with Gasteiger partial charge >= 0.3 is 6.01 Å². The van der Waals surface area contributed by atoms with Crippen molar-refractivity contribution in [2.24, 2.45) is 5.92 Å². The van der Waals surface area contributed by atoms with Crippen LogP contribution in [0.15, 0.2) is 4.42 Å². The minimum atomic E-state index is 0.314. The molecule has 0 aliphatic carbocycles. The second-order valence-corrected chi connectivity index (χ2v) is 5.05. The Hall–Kier alpha value is -1.18. The number of rotatable bonds is 8. The van der Waals surface area contributed by atoms with Gasteiger partial charge in [-0.15, -0.1) is 5.10 Å². The Morgan fingerprint density at radius 2 is 2.15 bits per heavy atom. The summed E-state index contributed by atoms with van der Waals surface area (Å²) in [7, 11) is 1.67. The first-order chi connectivity index (χ1) is 9.79. The second-order valence-electron chi connectivity index (χ2n) is 5.05. The molecule has 2 heterocycles. The monoisotopic (exact) mass is 284 g/mol. The summed E-state index contributed by atoms with van der Waals surface area (Å²) in [5.74, 6) is 1.18. The first-order valence-electron chi connectivity index (χ1n) is 7.16. The van der Waals surface area contributed by atoms with E-state index in [0.29, 0.717) is 37.0 Å². The van der Waals surface area contributed by atoms with Gasteiger partial charge in [0.05, 0.1) is 13.2 Å². The van der Waals surface area contributed by atoms with Crippen LogP contribution in [0.1, 0.15) is 25.7 Å². The maximum atomic E-state index is 5.56. The molecule has 7 heteroatoms. The summed E-state index contributed by atoms with van der Waals surface area (Å²) in [5, 5.41) is 14.5. The van der Waals surface area contributed by atoms with E-state index >= 15 is 0 Å². The number of nitrogens with one attached hydrogen (secondary N) is 2. The average Bonchev–Trinajstić information content (AvgIpc) is 2.92. The van der Waals surface area contributed by atoms with Crippen molar-refractivity contribution in [3.05, 3.63) is 5.89 Å². The Kier molecular flexibility index (Phi) is 6.23. The minimum Gasteiger partial charge on any atom is -0.407 e. The van der Waals surface area contributed by atoms with Crippen LogP contribution < -0.4 is 10.6 Å². The second kappa shape index (κ2) is 8.18. The quantitative estimate of drug-likeness (QED) is 0.690. The molecule has 7 nitrogen and oxygen atoms in total. The average molecular weight is 284 g/mol. The Balaban J connectivity index is 1.73. The van der Waals surface area contributed by atoms with E-state index in [9.17, 15) is 0 Å². The fourth-order valence-corrected chi connectivity index (χ4v) is 2.28. The van der Waals surface area contributed by atoms with Crippen molar-refractivity contribution in [3.63, 3.8) is 0 Å². The highest BCUT2D eigenvalue weighted by Crippen LogP contribution is 2.21. The van der Waals surface area contributed by atoms with Gasteiger partial charge in [0.2, 0.25) is 5.89 Å². The molecule has 1 aliphatic rings. The third-order valence-corrected chi connectivity index (χ3v) is 3.55. The van der Waals surface area contributed by atoms with Crippen LogP contribution in [0.4, 0.5) is 6.01 Å². The molecular weight excluding hydrogens is 260 g/mol. The van der Waals surface area contributed by atoms with E-state index < -0.39 is 0 Å². The zero-order valence-electron chi connectivity index (χ0n) is 12.2. The molecule has 1 saturated heterocycles. The zero-order valence-corrected chi connectivity index (χ0v) is 12.2. The van der Waals surface area contributed by atoms with Crippen molar-refractivity contribution in [3.8, 4) is 0 Å². The number of hydrogen-bond acceptors (Lipinski definition) is 7. The molecule has 0 amide bonds. The van der Waals surface area contributed by atoms with Crippen molar-refractivity contribution in [1.29, 1.82) is 0 Å². The van der Waals surface area contributed by atoms with E-state index in [1.165, 1.54) is 0 Å². The summed E-state index contributed by atoms with van der Waals surface area (Å²) in [6, 6.07) is 0.807. The van der Waals surface area contributed by atoms with E-state index in [2.05, 4.69) is 27.8 Å². The summed E-state index contributed by atoms with van der Waals surface area (Å²) in [5.41, 5.74) is 0. The molecule has 0 saturated carbocycles. The summed E-state index contributed by atoms with van der Waals surface area (Å²) in [6.45, 7) is 5.82. The third-order valence-electron chi connectivity index (χ3n) is 3.55. The summed E-state index contributed by atoms with van der Waals surface area (Å²) in [6.07, 6.45) is 2.15. The largest absolute Gasteiger partial charge is 0.407 e. The Bertz CT molecular complexity index is 379. The number of ether oxygens (including phenoxy) is 2. The summed E-state index contributed by atoms with van der Waals surface area (Å²) in [4.78, 5) is 0. The Morgan fingerprint density at radius 3 is 2.90 bits per heavy atom. The Morgan fingerprint density at radius 1 is 1.35 bits per heavy atom. The standard InChI is InChI=1S/C13H24N4O3/c1-10(11-3-6-19-7-4-11)15-13-17-16-12(20-13)9-14-5-8-18-2/h10-11,14H,3-9H2,1-2H3,(H,15,17). The van der Waals surface area contributed by atoms with E-state index in [-0.39, 0.29) is 0 Å². The van der Waals surface area contributed by atoms with Gasteiger partial charge in [0.1, 0.15) is 0 Å². The maximum Gasteiger partial charge on any atom is 0.315 e. The highest BCUT2D eigenvalue weighted by molar-refractivity contribution is 5.19. The summed E-state index contributed by atoms with van der Waals surface area (Å²) < 4.78 is 15.9. The van der Waals surface area contributed by atoms with Gasteiger partial charge in [-0.2, -0.15) is 0 Å². The molecule has 1 unspecified atom stereocenters. The molecule has 0 radical (unpaired) electrons. The van der Waals surface area contributed by atoms with Gasteiger partial charge < -0.3 is 24.5 Å². The third kappa shape index (κ3) is 4.73. The predicted octanol–water partition coefficient (Wildman–Crippen LogP) is 1.03. The van der Waals surface area contributed by atoms with Gasteiger partial charge in [-0.1, -0.05) is 5.10 Å². The van der Waals surface area contributed by atoms with Crippen molar-refractivity contribution < 1.29 is 13.9 Å². The van der Waals surface area contributed by atoms with Crippen molar-refractivity contribution >= 4 is 6.01 Å². The number of methoxy groups -OCH3 is 1. The highest BCUT2D eigenvalue weighted by atomic mass is 16.5. The minimum absolute atomic E-state index is 0.314. The molecule has 1 atom stereocenters. The van der Waals surface area contributed by atoms with Gasteiger partial charge in [-0.3, -0.25) is 0 Å². The molecular formula is C13H24N4O3. The lowest BCUT2D eigenvalue weighted by molar-refractivity contribution is 0.0620. The van der Waals surface area contributed by atoms with Gasteiger partial charge in [-0.25, -0.2) is 0 Å². The van der Waals surface area contributed by atoms with Crippen LogP contribution >= 0.6 is 0 Å². The van der Waals surface area contributed by atoms with E-state index in [0.717, 1.165) is 32.6 Å². The molecule has 0 aromatic carbocycles. The van der Waals surface area contributed by atoms with E-state index in [1.54, 1.807) is 7.11 Å². The number of hydrogen-bond donors (Lipinski definition) is 2. The van der Waals surface area contributed by atoms with Gasteiger partial charge in [0, 0.05) is 32.9 Å². The SMILES string of the molecule is COCCNCc1nnc(NC(C)C2CCOCC2)o1. The molecule has 20 heavy (non-hydrogen) atoms. The maximum absolute atomic E-state index is 5.56. The first-order valence-corrected chi connectivity index (χ1v) is 7.16. The molecule has 2 N–H and O–H groups in total. The molecule has 1 aliphatic heterocycles. The topological polar surface area (TPSA) is 81.4 Å². The summed E-state index contributed by atoms with van der Waals surface area (Å²) >= 11 is 0. The van der Waals surface area contributed by atoms with Crippen molar-refractivity contribution in [2.45, 2.75) is 32.4 Å². The normalized spacial score (nSPS) is 18.1. The lowest BCUT2D eigenvalue weighted by atomic mass is 9.93. The molecule has 1 aromatic heterocycles. The van der Waals surface area contributed by atoms with Crippen LogP contribution in [0, 0.1) is 5.92 Å². The molecule has 0 spiro atoms. The number of aromatic nitrogens is 2. The van der Waals surface area contributed by atoms with Gasteiger partial charge in [-0.05, 0) is 25.7 Å². The predicted molar refractivity (Wildman–Crippen MR) is 74.5 cm³/mol. The van der Waals surface area contributed by atoms with Crippen molar-refractivity contribution in [2.75, 3.05) is 38.8 Å². The smallest absolute Gasteiger partial charge is 0.315 e. The first kappa shape index (κ1) is 15.2. The van der Waals surface area contributed by atoms with Crippen LogP contribution in [0.25, 0.3) is 0 Å². The molecule has 1 aromatic rings. The fourth-order valence-electron chi connectivity index (χ4n) is 2.28. The molecule has 1 fully saturated rings. The van der Waals surface area contributed by atoms with Crippen molar-refractivity contribution in [1.82, 2.24) is 15.5 Å². The van der Waals surface area contributed by atoms with Crippen LogP contribution in [-0.2, 0) is 16.0 Å². The van der Waals surface area contributed by atoms with E-state index in [1.807, 2.05) is 0 Å². The van der Waals surface area contributed by atoms with Crippen LogP contribution in [-0.4, -0.2) is 49.7 Å². The Labute approximate surface area is 119 Å². The molecule has 2 rings (SSSR count). The molecule has 0 bridgehead atoms. The van der Waals surface area contributed by atoms with Gasteiger partial charge in [0.25, 0.3) is 0 Å². The lowest BCUT2D eigenvalue weighted by Gasteiger charge is -2.27.